The number of nitrogen functional groups attached to an aromatic ring is 1. The van der Waals surface area contributed by atoms with Crippen molar-refractivity contribution >= 4 is 23.0 Å². The van der Waals surface area contributed by atoms with Gasteiger partial charge < -0.3 is 10.5 Å². The molecule has 0 saturated carbocycles. The van der Waals surface area contributed by atoms with Crippen molar-refractivity contribution in [1.29, 1.82) is 0 Å². The second kappa shape index (κ2) is 5.36. The molecule has 19 heavy (non-hydrogen) atoms. The van der Waals surface area contributed by atoms with Crippen molar-refractivity contribution < 1.29 is 18.3 Å². The highest BCUT2D eigenvalue weighted by Gasteiger charge is 2.18. The number of halogens is 2. The summed E-state index contributed by atoms with van der Waals surface area (Å²) in [5.74, 6) is -2.46. The van der Waals surface area contributed by atoms with Gasteiger partial charge in [0.05, 0.1) is 12.3 Å². The quantitative estimate of drug-likeness (QED) is 0.878. The standard InChI is InChI=1S/C13H11F2NO2S/c1-2-18-13(17)12-9(16)6-10(19-12)7-4-3-5-8(14)11(7)15/h3-6H,2,16H2,1H3. The summed E-state index contributed by atoms with van der Waals surface area (Å²) in [6, 6.07) is 5.29. The first kappa shape index (κ1) is 13.5. The Kier molecular flexibility index (Phi) is 3.80. The summed E-state index contributed by atoms with van der Waals surface area (Å²) in [7, 11) is 0. The molecule has 0 aliphatic heterocycles. The largest absolute Gasteiger partial charge is 0.462 e. The van der Waals surface area contributed by atoms with E-state index in [1.807, 2.05) is 0 Å². The van der Waals surface area contributed by atoms with Crippen molar-refractivity contribution in [1.82, 2.24) is 0 Å². The Labute approximate surface area is 112 Å². The smallest absolute Gasteiger partial charge is 0.350 e. The van der Waals surface area contributed by atoms with Gasteiger partial charge in [0.25, 0.3) is 0 Å². The number of carbonyl (C=O) groups is 1. The molecule has 1 heterocycles. The summed E-state index contributed by atoms with van der Waals surface area (Å²) in [6.45, 7) is 1.90. The maximum absolute atomic E-state index is 13.7. The third-order valence-corrected chi connectivity index (χ3v) is 3.60. The van der Waals surface area contributed by atoms with E-state index in [1.165, 1.54) is 18.2 Å². The van der Waals surface area contributed by atoms with Crippen molar-refractivity contribution in [3.8, 4) is 10.4 Å². The van der Waals surface area contributed by atoms with E-state index in [2.05, 4.69) is 0 Å². The monoisotopic (exact) mass is 283 g/mol. The molecule has 0 spiro atoms. The van der Waals surface area contributed by atoms with Crippen molar-refractivity contribution in [2.45, 2.75) is 6.92 Å². The van der Waals surface area contributed by atoms with Gasteiger partial charge in [-0.3, -0.25) is 0 Å². The van der Waals surface area contributed by atoms with Crippen molar-refractivity contribution in [2.24, 2.45) is 0 Å². The molecule has 6 heteroatoms. The van der Waals surface area contributed by atoms with Crippen LogP contribution in [0.2, 0.25) is 0 Å². The second-order valence-electron chi connectivity index (χ2n) is 3.72. The van der Waals surface area contributed by atoms with Crippen molar-refractivity contribution in [2.75, 3.05) is 12.3 Å². The lowest BCUT2D eigenvalue weighted by atomic mass is 10.1. The molecule has 0 aliphatic rings. The Bertz CT molecular complexity index is 625. The van der Waals surface area contributed by atoms with Crippen LogP contribution < -0.4 is 5.73 Å². The van der Waals surface area contributed by atoms with Gasteiger partial charge in [0.2, 0.25) is 0 Å². The minimum Gasteiger partial charge on any atom is -0.462 e. The number of nitrogens with two attached hydrogens (primary N) is 1. The van der Waals surface area contributed by atoms with Gasteiger partial charge in [0.15, 0.2) is 11.6 Å². The van der Waals surface area contributed by atoms with Gasteiger partial charge in [-0.05, 0) is 19.1 Å². The lowest BCUT2D eigenvalue weighted by Gasteiger charge is -2.00. The van der Waals surface area contributed by atoms with Gasteiger partial charge in [0, 0.05) is 10.4 Å². The van der Waals surface area contributed by atoms with Gasteiger partial charge in [0.1, 0.15) is 4.88 Å². The zero-order valence-electron chi connectivity index (χ0n) is 10.1. The fourth-order valence-electron chi connectivity index (χ4n) is 1.59. The normalized spacial score (nSPS) is 10.5. The molecule has 0 bridgehead atoms. The van der Waals surface area contributed by atoms with Gasteiger partial charge >= 0.3 is 5.97 Å². The molecule has 0 amide bonds. The molecule has 0 radical (unpaired) electrons. The number of rotatable bonds is 3. The molecular weight excluding hydrogens is 272 g/mol. The van der Waals surface area contributed by atoms with Crippen molar-refractivity contribution in [3.63, 3.8) is 0 Å². The van der Waals surface area contributed by atoms with Crippen LogP contribution in [0.3, 0.4) is 0 Å². The summed E-state index contributed by atoms with van der Waals surface area (Å²) in [6.07, 6.45) is 0. The molecule has 0 atom stereocenters. The fraction of sp³-hybridized carbons (Fsp3) is 0.154. The first-order valence-corrected chi connectivity index (χ1v) is 6.37. The van der Waals surface area contributed by atoms with Gasteiger partial charge in [-0.25, -0.2) is 13.6 Å². The number of hydrogen-bond donors (Lipinski definition) is 1. The van der Waals surface area contributed by atoms with E-state index >= 15 is 0 Å². The van der Waals surface area contributed by atoms with E-state index in [0.717, 1.165) is 17.4 Å². The summed E-state index contributed by atoms with van der Waals surface area (Å²) < 4.78 is 31.6. The average molecular weight is 283 g/mol. The van der Waals surface area contributed by atoms with Crippen LogP contribution in [0.4, 0.5) is 14.5 Å². The Hall–Kier alpha value is -1.95. The SMILES string of the molecule is CCOC(=O)c1sc(-c2cccc(F)c2F)cc1N. The molecule has 2 N–H and O–H groups in total. The number of thiophene rings is 1. The van der Waals surface area contributed by atoms with Crippen LogP contribution in [-0.2, 0) is 4.74 Å². The third kappa shape index (κ3) is 2.58. The summed E-state index contributed by atoms with van der Waals surface area (Å²) in [5.41, 5.74) is 5.96. The highest BCUT2D eigenvalue weighted by atomic mass is 32.1. The molecular formula is C13H11F2NO2S. The number of anilines is 1. The average Bonchev–Trinajstić information content (AvgIpc) is 2.75. The number of hydrogen-bond acceptors (Lipinski definition) is 4. The van der Waals surface area contributed by atoms with Crippen molar-refractivity contribution in [3.05, 3.63) is 40.8 Å². The number of benzene rings is 1. The van der Waals surface area contributed by atoms with Gasteiger partial charge in [-0.15, -0.1) is 11.3 Å². The number of ether oxygens (including phenoxy) is 1. The Morgan fingerprint density at radius 3 is 2.84 bits per heavy atom. The maximum Gasteiger partial charge on any atom is 0.350 e. The molecule has 2 aromatic rings. The predicted octanol–water partition coefficient (Wildman–Crippen LogP) is 3.45. The number of carbonyl (C=O) groups excluding carboxylic acids is 1. The minimum absolute atomic E-state index is 0.0762. The Morgan fingerprint density at radius 2 is 2.16 bits per heavy atom. The maximum atomic E-state index is 13.7. The van der Waals surface area contributed by atoms with Crippen LogP contribution in [0.5, 0.6) is 0 Å². The number of esters is 1. The van der Waals surface area contributed by atoms with E-state index in [4.69, 9.17) is 10.5 Å². The van der Waals surface area contributed by atoms with E-state index in [0.29, 0.717) is 4.88 Å². The van der Waals surface area contributed by atoms with E-state index in [1.54, 1.807) is 6.92 Å². The van der Waals surface area contributed by atoms with Crippen LogP contribution in [-0.4, -0.2) is 12.6 Å². The molecule has 0 saturated heterocycles. The van der Waals surface area contributed by atoms with E-state index in [-0.39, 0.29) is 22.7 Å². The molecule has 1 aromatic carbocycles. The van der Waals surface area contributed by atoms with Crippen LogP contribution in [0.25, 0.3) is 10.4 Å². The van der Waals surface area contributed by atoms with Crippen LogP contribution in [0.15, 0.2) is 24.3 Å². The Balaban J connectivity index is 2.45. The minimum atomic E-state index is -0.959. The third-order valence-electron chi connectivity index (χ3n) is 2.44. The highest BCUT2D eigenvalue weighted by Crippen LogP contribution is 2.35. The van der Waals surface area contributed by atoms with E-state index in [9.17, 15) is 13.6 Å². The van der Waals surface area contributed by atoms with Gasteiger partial charge in [-0.2, -0.15) is 0 Å². The molecule has 2 rings (SSSR count). The summed E-state index contributed by atoms with van der Waals surface area (Å²) >= 11 is 0.977. The molecule has 0 unspecified atom stereocenters. The topological polar surface area (TPSA) is 52.3 Å². The first-order chi connectivity index (χ1) is 9.04. The Morgan fingerprint density at radius 1 is 1.42 bits per heavy atom. The summed E-state index contributed by atoms with van der Waals surface area (Å²) in [5, 5.41) is 0. The molecule has 0 aliphatic carbocycles. The fourth-order valence-corrected chi connectivity index (χ4v) is 2.58. The molecule has 1 aromatic heterocycles. The van der Waals surface area contributed by atoms with Crippen LogP contribution in [0, 0.1) is 11.6 Å². The molecule has 0 fully saturated rings. The first-order valence-electron chi connectivity index (χ1n) is 5.55. The summed E-state index contributed by atoms with van der Waals surface area (Å²) in [4.78, 5) is 12.2. The predicted molar refractivity (Wildman–Crippen MR) is 70.0 cm³/mol. The van der Waals surface area contributed by atoms with Crippen LogP contribution >= 0.6 is 11.3 Å². The lowest BCUT2D eigenvalue weighted by Crippen LogP contribution is -2.04. The second-order valence-corrected chi connectivity index (χ2v) is 4.77. The zero-order chi connectivity index (χ0) is 14.0. The lowest BCUT2D eigenvalue weighted by molar-refractivity contribution is 0.0533. The van der Waals surface area contributed by atoms with Crippen LogP contribution in [0.1, 0.15) is 16.6 Å². The zero-order valence-corrected chi connectivity index (χ0v) is 10.9. The van der Waals surface area contributed by atoms with Gasteiger partial charge in [-0.1, -0.05) is 12.1 Å². The highest BCUT2D eigenvalue weighted by molar-refractivity contribution is 7.18. The van der Waals surface area contributed by atoms with E-state index < -0.39 is 17.6 Å². The molecule has 3 nitrogen and oxygen atoms in total. The molecule has 100 valence electrons.